The van der Waals surface area contributed by atoms with E-state index in [-0.39, 0.29) is 18.2 Å². The summed E-state index contributed by atoms with van der Waals surface area (Å²) in [6.45, 7) is 2.51. The number of piperidine rings is 1. The van der Waals surface area contributed by atoms with Gasteiger partial charge in [0.1, 0.15) is 0 Å². The van der Waals surface area contributed by atoms with Gasteiger partial charge in [-0.15, -0.1) is 0 Å². The highest BCUT2D eigenvalue weighted by atomic mass is 32.2. The summed E-state index contributed by atoms with van der Waals surface area (Å²) in [4.78, 5) is 10.4. The van der Waals surface area contributed by atoms with Crippen molar-refractivity contribution >= 4 is 16.0 Å². The fourth-order valence-electron chi connectivity index (χ4n) is 2.08. The lowest BCUT2D eigenvalue weighted by Gasteiger charge is -2.33. The van der Waals surface area contributed by atoms with E-state index in [9.17, 15) is 13.2 Å². The highest BCUT2D eigenvalue weighted by molar-refractivity contribution is 7.89. The number of rotatable bonds is 5. The summed E-state index contributed by atoms with van der Waals surface area (Å²) in [5.41, 5.74) is 0. The number of carboxylic acid groups (broad SMARTS) is 1. The summed E-state index contributed by atoms with van der Waals surface area (Å²) in [5, 5.41) is 8.52. The third-order valence-corrected chi connectivity index (χ3v) is 4.89. The maximum absolute atomic E-state index is 11.9. The Kier molecular flexibility index (Phi) is 4.73. The molecule has 1 fully saturated rings. The number of aliphatic carboxylic acids is 1. The summed E-state index contributed by atoms with van der Waals surface area (Å²) in [7, 11) is -3.39. The van der Waals surface area contributed by atoms with Gasteiger partial charge in [-0.3, -0.25) is 4.79 Å². The summed E-state index contributed by atoms with van der Waals surface area (Å²) in [5.74, 6) is -1.34. The minimum atomic E-state index is -3.39. The predicted octanol–water partition coefficient (Wildman–Crippen LogP) is 1.06. The summed E-state index contributed by atoms with van der Waals surface area (Å²) in [6, 6.07) is 0.0625. The Labute approximate surface area is 96.5 Å². The topological polar surface area (TPSA) is 74.7 Å². The number of sulfonamides is 1. The lowest BCUT2D eigenvalue weighted by Crippen LogP contribution is -2.44. The van der Waals surface area contributed by atoms with Crippen molar-refractivity contribution in [3.8, 4) is 0 Å². The molecule has 0 aromatic carbocycles. The minimum absolute atomic E-state index is 0.0625. The SMILES string of the molecule is CCC1CCCCN1S(=O)(=O)CCC(=O)O. The molecule has 0 amide bonds. The molecule has 5 nitrogen and oxygen atoms in total. The minimum Gasteiger partial charge on any atom is -0.481 e. The van der Waals surface area contributed by atoms with E-state index in [4.69, 9.17) is 5.11 Å². The molecule has 1 unspecified atom stereocenters. The first-order valence-electron chi connectivity index (χ1n) is 5.68. The molecule has 6 heteroatoms. The molecule has 0 saturated carbocycles. The number of hydrogen-bond donors (Lipinski definition) is 1. The first-order chi connectivity index (χ1) is 7.47. The van der Waals surface area contributed by atoms with Gasteiger partial charge in [-0.25, -0.2) is 8.42 Å². The Morgan fingerprint density at radius 3 is 2.69 bits per heavy atom. The van der Waals surface area contributed by atoms with Crippen molar-refractivity contribution in [1.29, 1.82) is 0 Å². The second kappa shape index (κ2) is 5.63. The van der Waals surface area contributed by atoms with Gasteiger partial charge < -0.3 is 5.11 Å². The molecule has 94 valence electrons. The van der Waals surface area contributed by atoms with Gasteiger partial charge in [0.15, 0.2) is 0 Å². The van der Waals surface area contributed by atoms with Crippen LogP contribution in [-0.2, 0) is 14.8 Å². The molecule has 1 heterocycles. The summed E-state index contributed by atoms with van der Waals surface area (Å²) < 4.78 is 25.3. The van der Waals surface area contributed by atoms with Crippen LogP contribution in [0.3, 0.4) is 0 Å². The van der Waals surface area contributed by atoms with Gasteiger partial charge >= 0.3 is 5.97 Å². The van der Waals surface area contributed by atoms with Crippen molar-refractivity contribution < 1.29 is 18.3 Å². The van der Waals surface area contributed by atoms with E-state index in [1.807, 2.05) is 6.92 Å². The fourth-order valence-corrected chi connectivity index (χ4v) is 3.86. The number of hydrogen-bond acceptors (Lipinski definition) is 3. The first-order valence-corrected chi connectivity index (χ1v) is 7.29. The zero-order valence-corrected chi connectivity index (χ0v) is 10.4. The van der Waals surface area contributed by atoms with Crippen LogP contribution >= 0.6 is 0 Å². The molecule has 16 heavy (non-hydrogen) atoms. The quantitative estimate of drug-likeness (QED) is 0.790. The number of carbonyl (C=O) groups is 1. The van der Waals surface area contributed by atoms with Crippen molar-refractivity contribution in [2.45, 2.75) is 45.1 Å². The standard InChI is InChI=1S/C10H19NO4S/c1-2-9-5-3-4-7-11(9)16(14,15)8-6-10(12)13/h9H,2-8H2,1H3,(H,12,13). The number of nitrogens with zero attached hydrogens (tertiary/aromatic N) is 1. The Morgan fingerprint density at radius 1 is 1.44 bits per heavy atom. The van der Waals surface area contributed by atoms with E-state index in [0.717, 1.165) is 25.7 Å². The smallest absolute Gasteiger partial charge is 0.304 e. The van der Waals surface area contributed by atoms with Crippen LogP contribution in [0.5, 0.6) is 0 Å². The Morgan fingerprint density at radius 2 is 2.12 bits per heavy atom. The maximum Gasteiger partial charge on any atom is 0.304 e. The van der Waals surface area contributed by atoms with Crippen molar-refractivity contribution in [3.63, 3.8) is 0 Å². The van der Waals surface area contributed by atoms with Crippen molar-refractivity contribution in [3.05, 3.63) is 0 Å². The number of carboxylic acids is 1. The highest BCUT2D eigenvalue weighted by Gasteiger charge is 2.31. The van der Waals surface area contributed by atoms with Gasteiger partial charge in [0, 0.05) is 12.6 Å². The normalized spacial score (nSPS) is 23.2. The molecule has 1 atom stereocenters. The van der Waals surface area contributed by atoms with E-state index in [1.165, 1.54) is 4.31 Å². The van der Waals surface area contributed by atoms with Crippen molar-refractivity contribution in [2.24, 2.45) is 0 Å². The third kappa shape index (κ3) is 3.45. The molecule has 1 N–H and O–H groups in total. The van der Waals surface area contributed by atoms with Gasteiger partial charge in [0.05, 0.1) is 12.2 Å². The molecule has 0 bridgehead atoms. The third-order valence-electron chi connectivity index (χ3n) is 2.98. The van der Waals surface area contributed by atoms with E-state index < -0.39 is 16.0 Å². The zero-order chi connectivity index (χ0) is 12.2. The van der Waals surface area contributed by atoms with Gasteiger partial charge in [0.25, 0.3) is 0 Å². The van der Waals surface area contributed by atoms with E-state index in [1.54, 1.807) is 0 Å². The fraction of sp³-hybridized carbons (Fsp3) is 0.900. The van der Waals surface area contributed by atoms with Crippen molar-refractivity contribution in [2.75, 3.05) is 12.3 Å². The lowest BCUT2D eigenvalue weighted by atomic mass is 10.0. The van der Waals surface area contributed by atoms with Crippen LogP contribution in [0.15, 0.2) is 0 Å². The molecule has 1 saturated heterocycles. The van der Waals surface area contributed by atoms with Crippen LogP contribution < -0.4 is 0 Å². The average molecular weight is 249 g/mol. The monoisotopic (exact) mass is 249 g/mol. The van der Waals surface area contributed by atoms with Crippen LogP contribution in [0.25, 0.3) is 0 Å². The Bertz CT molecular complexity index is 339. The molecular weight excluding hydrogens is 230 g/mol. The largest absolute Gasteiger partial charge is 0.481 e. The molecule has 0 aromatic heterocycles. The second-order valence-corrected chi connectivity index (χ2v) is 6.17. The van der Waals surface area contributed by atoms with E-state index in [0.29, 0.717) is 6.54 Å². The highest BCUT2D eigenvalue weighted by Crippen LogP contribution is 2.23. The Hall–Kier alpha value is -0.620. The van der Waals surface area contributed by atoms with Gasteiger partial charge in [0.2, 0.25) is 10.0 Å². The van der Waals surface area contributed by atoms with Crippen molar-refractivity contribution in [1.82, 2.24) is 4.31 Å². The van der Waals surface area contributed by atoms with Crippen LogP contribution in [0, 0.1) is 0 Å². The van der Waals surface area contributed by atoms with Gasteiger partial charge in [-0.2, -0.15) is 4.31 Å². The predicted molar refractivity (Wildman–Crippen MR) is 60.7 cm³/mol. The molecule has 0 aromatic rings. The van der Waals surface area contributed by atoms with Crippen LogP contribution in [0.1, 0.15) is 39.0 Å². The molecule has 1 aliphatic heterocycles. The first kappa shape index (κ1) is 13.4. The summed E-state index contributed by atoms with van der Waals surface area (Å²) in [6.07, 6.45) is 3.32. The van der Waals surface area contributed by atoms with Crippen LogP contribution in [-0.4, -0.2) is 42.1 Å². The summed E-state index contributed by atoms with van der Waals surface area (Å²) >= 11 is 0. The average Bonchev–Trinajstić information content (AvgIpc) is 2.26. The van der Waals surface area contributed by atoms with Crippen LogP contribution in [0.2, 0.25) is 0 Å². The van der Waals surface area contributed by atoms with Gasteiger partial charge in [-0.1, -0.05) is 13.3 Å². The van der Waals surface area contributed by atoms with Crippen LogP contribution in [0.4, 0.5) is 0 Å². The molecule has 1 aliphatic rings. The molecule has 1 rings (SSSR count). The molecule has 0 aliphatic carbocycles. The molecular formula is C10H19NO4S. The second-order valence-electron chi connectivity index (χ2n) is 4.13. The van der Waals surface area contributed by atoms with E-state index >= 15 is 0 Å². The lowest BCUT2D eigenvalue weighted by molar-refractivity contribution is -0.136. The van der Waals surface area contributed by atoms with E-state index in [2.05, 4.69) is 0 Å². The maximum atomic E-state index is 11.9. The molecule has 0 radical (unpaired) electrons. The van der Waals surface area contributed by atoms with Gasteiger partial charge in [-0.05, 0) is 19.3 Å². The Balaban J connectivity index is 2.68. The molecule has 0 spiro atoms. The zero-order valence-electron chi connectivity index (χ0n) is 9.55.